The first-order valence-electron chi connectivity index (χ1n) is 9.36. The number of hydrogen-bond acceptors (Lipinski definition) is 2. The lowest BCUT2D eigenvalue weighted by atomic mass is 9.53. The van der Waals surface area contributed by atoms with Gasteiger partial charge in [-0.3, -0.25) is 9.59 Å². The topological polar surface area (TPSA) is 57.6 Å². The fraction of sp³-hybridized carbons (Fsp3) is 0.619. The van der Waals surface area contributed by atoms with Crippen LogP contribution in [0.1, 0.15) is 70.4 Å². The van der Waals surface area contributed by atoms with E-state index in [-0.39, 0.29) is 29.6 Å². The predicted octanol–water partition coefficient (Wildman–Crippen LogP) is 4.98. The molecule has 1 N–H and O–H groups in total. The standard InChI is InChI=1S/C21H28ClNO3/c1-12(2)13-9-16-14(10-15(13)22)20(3)7-6-8-21(4,19(25)26)17(20)11-18(24)23(16)5/h9-10,12,17H,6-8,11H2,1-5H3,(H,25,26)/t17-,20-,21-/m1/s1. The third-order valence-electron chi connectivity index (χ3n) is 6.89. The largest absolute Gasteiger partial charge is 0.481 e. The third kappa shape index (κ3) is 2.65. The van der Waals surface area contributed by atoms with E-state index in [9.17, 15) is 14.7 Å². The van der Waals surface area contributed by atoms with Gasteiger partial charge in [0.15, 0.2) is 0 Å². The number of fused-ring (bicyclic) bond motifs is 3. The maximum absolute atomic E-state index is 13.0. The number of aliphatic carboxylic acids is 1. The van der Waals surface area contributed by atoms with E-state index < -0.39 is 11.4 Å². The van der Waals surface area contributed by atoms with Crippen LogP contribution in [-0.2, 0) is 15.0 Å². The van der Waals surface area contributed by atoms with Crippen molar-refractivity contribution in [2.24, 2.45) is 11.3 Å². The van der Waals surface area contributed by atoms with Gasteiger partial charge in [0.2, 0.25) is 5.91 Å². The summed E-state index contributed by atoms with van der Waals surface area (Å²) in [6.07, 6.45) is 2.55. The number of nitrogens with zero attached hydrogens (tertiary/aromatic N) is 1. The van der Waals surface area contributed by atoms with E-state index in [1.807, 2.05) is 12.1 Å². The van der Waals surface area contributed by atoms with Crippen LogP contribution in [-0.4, -0.2) is 24.0 Å². The lowest BCUT2D eigenvalue weighted by Gasteiger charge is -2.49. The van der Waals surface area contributed by atoms with Gasteiger partial charge in [-0.05, 0) is 60.3 Å². The predicted molar refractivity (Wildman–Crippen MR) is 104 cm³/mol. The molecular weight excluding hydrogens is 350 g/mol. The Labute approximate surface area is 160 Å². The fourth-order valence-corrected chi connectivity index (χ4v) is 5.49. The highest BCUT2D eigenvalue weighted by atomic mass is 35.5. The Hall–Kier alpha value is -1.55. The molecule has 5 heteroatoms. The van der Waals surface area contributed by atoms with Crippen molar-refractivity contribution in [2.45, 2.75) is 64.7 Å². The number of halogens is 1. The monoisotopic (exact) mass is 377 g/mol. The number of rotatable bonds is 2. The number of carboxylic acid groups (broad SMARTS) is 1. The number of benzene rings is 1. The number of carboxylic acids is 1. The van der Waals surface area contributed by atoms with Crippen LogP contribution in [0.25, 0.3) is 0 Å². The van der Waals surface area contributed by atoms with E-state index in [1.165, 1.54) is 0 Å². The van der Waals surface area contributed by atoms with Crippen LogP contribution in [0.2, 0.25) is 5.02 Å². The van der Waals surface area contributed by atoms with Crippen LogP contribution in [0.5, 0.6) is 0 Å². The van der Waals surface area contributed by atoms with Gasteiger partial charge < -0.3 is 10.0 Å². The van der Waals surface area contributed by atoms with E-state index in [0.717, 1.165) is 29.7 Å². The van der Waals surface area contributed by atoms with Gasteiger partial charge in [0, 0.05) is 24.2 Å². The maximum atomic E-state index is 13.0. The maximum Gasteiger partial charge on any atom is 0.309 e. The minimum absolute atomic E-state index is 0.0219. The van der Waals surface area contributed by atoms with Gasteiger partial charge in [-0.25, -0.2) is 0 Å². The van der Waals surface area contributed by atoms with Crippen molar-refractivity contribution in [1.82, 2.24) is 0 Å². The number of hydrogen-bond donors (Lipinski definition) is 1. The van der Waals surface area contributed by atoms with E-state index in [4.69, 9.17) is 11.6 Å². The summed E-state index contributed by atoms with van der Waals surface area (Å²) in [6, 6.07) is 4.02. The molecule has 1 aliphatic carbocycles. The minimum Gasteiger partial charge on any atom is -0.481 e. The Morgan fingerprint density at radius 1 is 1.31 bits per heavy atom. The first-order chi connectivity index (χ1) is 12.0. The lowest BCUT2D eigenvalue weighted by molar-refractivity contribution is -0.157. The zero-order valence-electron chi connectivity index (χ0n) is 16.2. The second kappa shape index (κ2) is 6.26. The molecule has 0 unspecified atom stereocenters. The molecule has 142 valence electrons. The third-order valence-corrected chi connectivity index (χ3v) is 7.21. The van der Waals surface area contributed by atoms with E-state index in [1.54, 1.807) is 18.9 Å². The van der Waals surface area contributed by atoms with Gasteiger partial charge in [-0.2, -0.15) is 0 Å². The first kappa shape index (κ1) is 19.2. The molecule has 0 radical (unpaired) electrons. The van der Waals surface area contributed by atoms with Crippen LogP contribution >= 0.6 is 11.6 Å². The van der Waals surface area contributed by atoms with Crippen molar-refractivity contribution >= 4 is 29.2 Å². The Balaban J connectivity index is 2.28. The van der Waals surface area contributed by atoms with Crippen molar-refractivity contribution < 1.29 is 14.7 Å². The second-order valence-electron chi connectivity index (χ2n) is 8.75. The van der Waals surface area contributed by atoms with Crippen LogP contribution in [0, 0.1) is 11.3 Å². The number of carbonyl (C=O) groups excluding carboxylic acids is 1. The van der Waals surface area contributed by atoms with E-state index in [2.05, 4.69) is 20.8 Å². The van der Waals surface area contributed by atoms with Crippen molar-refractivity contribution in [3.05, 3.63) is 28.3 Å². The molecule has 0 aromatic heterocycles. The van der Waals surface area contributed by atoms with Crippen molar-refractivity contribution in [3.63, 3.8) is 0 Å². The molecule has 1 amide bonds. The summed E-state index contributed by atoms with van der Waals surface area (Å²) >= 11 is 6.60. The molecule has 26 heavy (non-hydrogen) atoms. The Morgan fingerprint density at radius 2 is 1.96 bits per heavy atom. The Morgan fingerprint density at radius 3 is 2.54 bits per heavy atom. The van der Waals surface area contributed by atoms with Gasteiger partial charge in [0.1, 0.15) is 0 Å². The second-order valence-corrected chi connectivity index (χ2v) is 9.16. The molecule has 3 rings (SSSR count). The number of carbonyl (C=O) groups is 2. The summed E-state index contributed by atoms with van der Waals surface area (Å²) in [5.41, 5.74) is 1.61. The van der Waals surface area contributed by atoms with E-state index in [0.29, 0.717) is 11.4 Å². The fourth-order valence-electron chi connectivity index (χ4n) is 5.10. The molecule has 1 aromatic carbocycles. The summed E-state index contributed by atoms with van der Waals surface area (Å²) in [5.74, 6) is -0.833. The number of amides is 1. The highest BCUT2D eigenvalue weighted by Crippen LogP contribution is 2.57. The summed E-state index contributed by atoms with van der Waals surface area (Å²) in [4.78, 5) is 26.8. The summed E-state index contributed by atoms with van der Waals surface area (Å²) in [7, 11) is 1.79. The molecule has 0 bridgehead atoms. The van der Waals surface area contributed by atoms with Crippen LogP contribution in [0.4, 0.5) is 5.69 Å². The molecule has 1 saturated carbocycles. The molecule has 3 atom stereocenters. The summed E-state index contributed by atoms with van der Waals surface area (Å²) < 4.78 is 0. The first-order valence-corrected chi connectivity index (χ1v) is 9.74. The highest BCUT2D eigenvalue weighted by Gasteiger charge is 2.56. The quantitative estimate of drug-likeness (QED) is 0.790. The average molecular weight is 378 g/mol. The SMILES string of the molecule is CC(C)c1cc2c(cc1Cl)[C@@]1(C)CCC[C@@](C)(C(=O)O)[C@@H]1CC(=O)N2C. The molecule has 4 nitrogen and oxygen atoms in total. The molecule has 2 aliphatic rings. The van der Waals surface area contributed by atoms with Crippen molar-refractivity contribution in [2.75, 3.05) is 11.9 Å². The molecular formula is C21H28ClNO3. The lowest BCUT2D eigenvalue weighted by Crippen LogP contribution is -2.50. The van der Waals surface area contributed by atoms with E-state index >= 15 is 0 Å². The minimum atomic E-state index is -0.908. The molecule has 1 aromatic rings. The zero-order chi connectivity index (χ0) is 19.4. The zero-order valence-corrected chi connectivity index (χ0v) is 17.0. The van der Waals surface area contributed by atoms with Gasteiger partial charge in [-0.15, -0.1) is 0 Å². The average Bonchev–Trinajstić information content (AvgIpc) is 2.63. The van der Waals surface area contributed by atoms with Gasteiger partial charge in [-0.1, -0.05) is 38.8 Å². The smallest absolute Gasteiger partial charge is 0.309 e. The van der Waals surface area contributed by atoms with Gasteiger partial charge in [0.25, 0.3) is 0 Å². The molecule has 1 heterocycles. The van der Waals surface area contributed by atoms with Gasteiger partial charge >= 0.3 is 5.97 Å². The van der Waals surface area contributed by atoms with Crippen LogP contribution in [0.15, 0.2) is 12.1 Å². The van der Waals surface area contributed by atoms with Gasteiger partial charge in [0.05, 0.1) is 5.41 Å². The van der Waals surface area contributed by atoms with Crippen LogP contribution in [0.3, 0.4) is 0 Å². The normalized spacial score (nSPS) is 31.4. The molecule has 1 aliphatic heterocycles. The molecule has 1 fully saturated rings. The highest BCUT2D eigenvalue weighted by molar-refractivity contribution is 6.31. The summed E-state index contributed by atoms with van der Waals surface area (Å²) in [6.45, 7) is 8.09. The van der Waals surface area contributed by atoms with Crippen molar-refractivity contribution in [1.29, 1.82) is 0 Å². The molecule has 0 spiro atoms. The van der Waals surface area contributed by atoms with Crippen LogP contribution < -0.4 is 4.90 Å². The Kier molecular flexibility index (Phi) is 4.63. The number of anilines is 1. The Bertz CT molecular complexity index is 775. The molecule has 0 saturated heterocycles. The summed E-state index contributed by atoms with van der Waals surface area (Å²) in [5, 5.41) is 10.7. The van der Waals surface area contributed by atoms with Crippen molar-refractivity contribution in [3.8, 4) is 0 Å².